The molecule has 0 spiro atoms. The van der Waals surface area contributed by atoms with Gasteiger partial charge < -0.3 is 19.3 Å². The molecule has 1 aromatic heterocycles. The molecule has 1 fully saturated rings. The van der Waals surface area contributed by atoms with Crippen molar-refractivity contribution >= 4 is 6.09 Å². The minimum Gasteiger partial charge on any atom is -0.438 e. The first-order valence-electron chi connectivity index (χ1n) is 11.7. The van der Waals surface area contributed by atoms with E-state index in [1.54, 1.807) is 30.9 Å². The number of aryl methyl sites for hydroxylation is 1. The lowest BCUT2D eigenvalue weighted by Gasteiger charge is -2.45. The monoisotopic (exact) mass is 478 g/mol. The van der Waals surface area contributed by atoms with Crippen molar-refractivity contribution in [1.29, 1.82) is 0 Å². The molecule has 3 aromatic rings. The van der Waals surface area contributed by atoms with E-state index >= 15 is 0 Å². The Morgan fingerprint density at radius 1 is 1.11 bits per heavy atom. The number of rotatable bonds is 6. The molecule has 2 atom stereocenters. The number of carbonyl (C=O) groups is 1. The first-order valence-corrected chi connectivity index (χ1v) is 11.7. The number of amides is 1. The maximum Gasteiger partial charge on any atom is 0.411 e. The van der Waals surface area contributed by atoms with Gasteiger partial charge in [-0.05, 0) is 37.5 Å². The zero-order valence-corrected chi connectivity index (χ0v) is 20.5. The Kier molecular flexibility index (Phi) is 6.56. The minimum atomic E-state index is -1.02. The zero-order valence-electron chi connectivity index (χ0n) is 20.5. The fraction of sp³-hybridized carbons (Fsp3) is 0.357. The zero-order chi connectivity index (χ0) is 25.4. The molecule has 2 heterocycles. The molecule has 4 rings (SSSR count). The van der Waals surface area contributed by atoms with Gasteiger partial charge in [-0.1, -0.05) is 54.6 Å². The molecule has 1 unspecified atom stereocenters. The van der Waals surface area contributed by atoms with Crippen LogP contribution in [0.4, 0.5) is 9.18 Å². The lowest BCUT2D eigenvalue weighted by Crippen LogP contribution is -2.51. The summed E-state index contributed by atoms with van der Waals surface area (Å²) in [6, 6.07) is 17.7. The Morgan fingerprint density at radius 3 is 2.37 bits per heavy atom. The average molecular weight is 479 g/mol. The molecule has 0 radical (unpaired) electrons. The largest absolute Gasteiger partial charge is 0.438 e. The van der Waals surface area contributed by atoms with Gasteiger partial charge in [0.2, 0.25) is 0 Å². The third-order valence-corrected chi connectivity index (χ3v) is 6.64. The summed E-state index contributed by atoms with van der Waals surface area (Å²) < 4.78 is 21.7. The Balaban J connectivity index is 1.55. The molecule has 0 aliphatic carbocycles. The molecule has 2 aromatic carbocycles. The lowest BCUT2D eigenvalue weighted by molar-refractivity contribution is -0.101. The number of hydrogen-bond donors (Lipinski definition) is 1. The summed E-state index contributed by atoms with van der Waals surface area (Å²) in [6.07, 6.45) is 1.55. The van der Waals surface area contributed by atoms with E-state index in [-0.39, 0.29) is 23.6 Å². The maximum atomic E-state index is 14.4. The van der Waals surface area contributed by atoms with Crippen LogP contribution in [0.5, 0.6) is 0 Å². The summed E-state index contributed by atoms with van der Waals surface area (Å²) in [7, 11) is 1.51. The highest BCUT2D eigenvalue weighted by molar-refractivity contribution is 5.70. The summed E-state index contributed by atoms with van der Waals surface area (Å²) in [5.41, 5.74) is 0.339. The Hall–Kier alpha value is -3.45. The fourth-order valence-electron chi connectivity index (χ4n) is 4.83. The molecule has 1 N–H and O–H groups in total. The quantitative estimate of drug-likeness (QED) is 0.532. The van der Waals surface area contributed by atoms with Crippen molar-refractivity contribution in [1.82, 2.24) is 9.47 Å². The lowest BCUT2D eigenvalue weighted by atomic mass is 9.80. The van der Waals surface area contributed by atoms with Crippen molar-refractivity contribution in [3.63, 3.8) is 0 Å². The van der Waals surface area contributed by atoms with Crippen molar-refractivity contribution in [2.75, 3.05) is 6.54 Å². The van der Waals surface area contributed by atoms with E-state index in [1.165, 1.54) is 23.9 Å². The van der Waals surface area contributed by atoms with Crippen LogP contribution < -0.4 is 5.56 Å². The van der Waals surface area contributed by atoms with Gasteiger partial charge in [-0.25, -0.2) is 9.18 Å². The van der Waals surface area contributed by atoms with Crippen LogP contribution in [0.1, 0.15) is 50.8 Å². The maximum absolute atomic E-state index is 14.4. The van der Waals surface area contributed by atoms with Crippen LogP contribution in [0.2, 0.25) is 0 Å². The highest BCUT2D eigenvalue weighted by atomic mass is 19.1. The molecule has 35 heavy (non-hydrogen) atoms. The SMILES string of the molecule is C[C@@H](c1ccc(-c2cc(=O)n(C)cc2F)cc1)N1CCC(CC(C)(C)O)(c2ccccc2)OC1=O. The van der Waals surface area contributed by atoms with Gasteiger partial charge >= 0.3 is 6.09 Å². The number of benzene rings is 2. The number of nitrogens with zero attached hydrogens (tertiary/aromatic N) is 2. The molecule has 0 saturated carbocycles. The minimum absolute atomic E-state index is 0.240. The van der Waals surface area contributed by atoms with Gasteiger partial charge in [0, 0.05) is 44.3 Å². The molecule has 7 heteroatoms. The third-order valence-electron chi connectivity index (χ3n) is 6.64. The summed E-state index contributed by atoms with van der Waals surface area (Å²) in [6.45, 7) is 5.80. The van der Waals surface area contributed by atoms with Crippen LogP contribution >= 0.6 is 0 Å². The number of aliphatic hydroxyl groups is 1. The van der Waals surface area contributed by atoms with Crippen molar-refractivity contribution < 1.29 is 19.0 Å². The van der Waals surface area contributed by atoms with E-state index in [4.69, 9.17) is 4.74 Å². The Bertz CT molecular complexity index is 1260. The van der Waals surface area contributed by atoms with Crippen LogP contribution in [0.15, 0.2) is 71.7 Å². The van der Waals surface area contributed by atoms with Gasteiger partial charge in [-0.2, -0.15) is 0 Å². The van der Waals surface area contributed by atoms with Crippen molar-refractivity contribution in [3.8, 4) is 11.1 Å². The van der Waals surface area contributed by atoms with E-state index in [2.05, 4.69) is 0 Å². The number of pyridine rings is 1. The summed E-state index contributed by atoms with van der Waals surface area (Å²) >= 11 is 0. The van der Waals surface area contributed by atoms with Gasteiger partial charge in [0.1, 0.15) is 11.4 Å². The van der Waals surface area contributed by atoms with Crippen molar-refractivity contribution in [3.05, 3.63) is 94.2 Å². The molecular formula is C28H31FN2O4. The molecular weight excluding hydrogens is 447 g/mol. The van der Waals surface area contributed by atoms with Crippen molar-refractivity contribution in [2.45, 2.75) is 50.9 Å². The van der Waals surface area contributed by atoms with E-state index < -0.39 is 23.1 Å². The predicted molar refractivity (Wildman–Crippen MR) is 132 cm³/mol. The van der Waals surface area contributed by atoms with Gasteiger partial charge in [-0.3, -0.25) is 4.79 Å². The number of ether oxygens (including phenoxy) is 1. The highest BCUT2D eigenvalue weighted by Gasteiger charge is 2.46. The van der Waals surface area contributed by atoms with Crippen LogP contribution in [0.25, 0.3) is 11.1 Å². The van der Waals surface area contributed by atoms with Crippen LogP contribution in [0, 0.1) is 5.82 Å². The number of hydrogen-bond acceptors (Lipinski definition) is 4. The first kappa shape index (κ1) is 24.7. The first-order chi connectivity index (χ1) is 16.5. The second-order valence-corrected chi connectivity index (χ2v) is 9.94. The molecule has 6 nitrogen and oxygen atoms in total. The average Bonchev–Trinajstić information content (AvgIpc) is 2.81. The molecule has 1 saturated heterocycles. The van der Waals surface area contributed by atoms with E-state index in [9.17, 15) is 19.1 Å². The number of carbonyl (C=O) groups excluding carboxylic acids is 1. The standard InChI is InChI=1S/C28H31FN2O4/c1-19(20-10-12-21(13-11-20)23-16-25(32)30(4)17-24(23)29)31-15-14-28(35-26(31)33,18-27(2,3)34)22-8-6-5-7-9-22/h5-13,16-17,19,34H,14-15,18H2,1-4H3/t19-,28?/m0/s1. The summed E-state index contributed by atoms with van der Waals surface area (Å²) in [5, 5.41) is 10.6. The van der Waals surface area contributed by atoms with Gasteiger partial charge in [0.25, 0.3) is 5.56 Å². The predicted octanol–water partition coefficient (Wildman–Crippen LogP) is 5.15. The second kappa shape index (κ2) is 9.30. The highest BCUT2D eigenvalue weighted by Crippen LogP contribution is 2.42. The topological polar surface area (TPSA) is 71.8 Å². The van der Waals surface area contributed by atoms with E-state index in [0.29, 0.717) is 18.5 Å². The van der Waals surface area contributed by atoms with Gasteiger partial charge in [-0.15, -0.1) is 0 Å². The number of cyclic esters (lactones) is 1. The van der Waals surface area contributed by atoms with E-state index in [0.717, 1.165) is 11.1 Å². The molecule has 184 valence electrons. The number of halogens is 1. The molecule has 1 aliphatic rings. The Labute approximate surface area is 204 Å². The molecule has 0 bridgehead atoms. The molecule has 1 aliphatic heterocycles. The van der Waals surface area contributed by atoms with Crippen LogP contribution in [0.3, 0.4) is 0 Å². The third kappa shape index (κ3) is 5.15. The second-order valence-electron chi connectivity index (χ2n) is 9.94. The Morgan fingerprint density at radius 2 is 1.77 bits per heavy atom. The van der Waals surface area contributed by atoms with Crippen LogP contribution in [-0.2, 0) is 17.4 Å². The smallest absolute Gasteiger partial charge is 0.411 e. The van der Waals surface area contributed by atoms with Gasteiger partial charge in [0.05, 0.1) is 11.6 Å². The van der Waals surface area contributed by atoms with Crippen LogP contribution in [-0.4, -0.2) is 32.8 Å². The summed E-state index contributed by atoms with van der Waals surface area (Å²) in [5.74, 6) is -0.475. The normalized spacial score (nSPS) is 19.4. The van der Waals surface area contributed by atoms with Crippen molar-refractivity contribution in [2.24, 2.45) is 7.05 Å². The summed E-state index contributed by atoms with van der Waals surface area (Å²) in [4.78, 5) is 26.8. The fourth-order valence-corrected chi connectivity index (χ4v) is 4.83. The number of aromatic nitrogens is 1. The van der Waals surface area contributed by atoms with Gasteiger partial charge in [0.15, 0.2) is 0 Å². The molecule has 1 amide bonds. The van der Waals surface area contributed by atoms with E-state index in [1.807, 2.05) is 49.4 Å².